The summed E-state index contributed by atoms with van der Waals surface area (Å²) in [5, 5.41) is 9.90. The predicted octanol–water partition coefficient (Wildman–Crippen LogP) is 4.34. The number of carbonyl (C=O) groups is 2. The number of ether oxygens (including phenoxy) is 2. The van der Waals surface area contributed by atoms with Crippen LogP contribution in [0, 0.1) is 0 Å². The molecule has 0 spiro atoms. The number of carboxylic acids is 1. The van der Waals surface area contributed by atoms with Crippen LogP contribution < -0.4 is 15.2 Å². The summed E-state index contributed by atoms with van der Waals surface area (Å²) >= 11 is 0. The van der Waals surface area contributed by atoms with Crippen molar-refractivity contribution < 1.29 is 28.6 Å². The largest absolute Gasteiger partial charge is 0.488 e. The van der Waals surface area contributed by atoms with Crippen LogP contribution in [0.15, 0.2) is 71.3 Å². The van der Waals surface area contributed by atoms with Crippen molar-refractivity contribution in [1.29, 1.82) is 0 Å². The Morgan fingerprint density at radius 3 is 2.67 bits per heavy atom. The number of aliphatic carboxylic acids is 1. The topological polar surface area (TPSA) is 112 Å². The third-order valence-corrected chi connectivity index (χ3v) is 5.23. The molecule has 0 saturated carbocycles. The summed E-state index contributed by atoms with van der Waals surface area (Å²) < 4.78 is 17.6. The van der Waals surface area contributed by atoms with E-state index in [-0.39, 0.29) is 19.6 Å². The van der Waals surface area contributed by atoms with Gasteiger partial charge in [0.15, 0.2) is 6.29 Å². The van der Waals surface area contributed by atoms with Crippen molar-refractivity contribution in [2.24, 2.45) is 5.73 Å². The van der Waals surface area contributed by atoms with Crippen molar-refractivity contribution in [3.63, 3.8) is 0 Å². The SMILES string of the molecule is NCc1cccc(-c2cc(COc3ccccc3CC(=O)O)c(OCC=O)c3ccoc23)c1. The first-order valence-electron chi connectivity index (χ1n) is 10.4. The Morgan fingerprint density at radius 2 is 1.88 bits per heavy atom. The third kappa shape index (κ3) is 4.88. The fourth-order valence-electron chi connectivity index (χ4n) is 3.76. The van der Waals surface area contributed by atoms with E-state index < -0.39 is 5.97 Å². The quantitative estimate of drug-likeness (QED) is 0.349. The van der Waals surface area contributed by atoms with E-state index in [0.717, 1.165) is 16.7 Å². The molecule has 0 saturated heterocycles. The number of para-hydroxylation sites is 1. The predicted molar refractivity (Wildman–Crippen MR) is 123 cm³/mol. The Hall–Kier alpha value is -4.10. The lowest BCUT2D eigenvalue weighted by Crippen LogP contribution is -2.07. The number of nitrogens with two attached hydrogens (primary N) is 1. The van der Waals surface area contributed by atoms with Crippen LogP contribution in [-0.4, -0.2) is 24.0 Å². The van der Waals surface area contributed by atoms with Gasteiger partial charge >= 0.3 is 5.97 Å². The van der Waals surface area contributed by atoms with Gasteiger partial charge in [0.05, 0.1) is 18.1 Å². The number of aldehydes is 1. The molecule has 0 bridgehead atoms. The van der Waals surface area contributed by atoms with Gasteiger partial charge < -0.3 is 24.7 Å². The van der Waals surface area contributed by atoms with Crippen LogP contribution in [0.4, 0.5) is 0 Å². The molecule has 0 fully saturated rings. The molecule has 0 atom stereocenters. The summed E-state index contributed by atoms with van der Waals surface area (Å²) in [6.45, 7) is 0.395. The Labute approximate surface area is 190 Å². The van der Waals surface area contributed by atoms with E-state index in [4.69, 9.17) is 19.6 Å². The van der Waals surface area contributed by atoms with Crippen molar-refractivity contribution in [2.45, 2.75) is 19.6 Å². The maximum atomic E-state index is 11.2. The average molecular weight is 445 g/mol. The smallest absolute Gasteiger partial charge is 0.307 e. The minimum atomic E-state index is -0.942. The molecule has 0 aliphatic rings. The molecule has 0 aliphatic heterocycles. The lowest BCUT2D eigenvalue weighted by Gasteiger charge is -2.16. The molecule has 33 heavy (non-hydrogen) atoms. The standard InChI is InChI=1S/C26H23NO6/c27-15-17-4-3-6-18(12-17)22-13-20(25(32-11-9-28)21-8-10-31-26(21)22)16-33-23-7-2-1-5-19(23)14-24(29)30/h1-10,12-13H,11,14-16,27H2,(H,29,30). The van der Waals surface area contributed by atoms with Gasteiger partial charge in [-0.25, -0.2) is 0 Å². The summed E-state index contributed by atoms with van der Waals surface area (Å²) in [5.74, 6) is 0.0171. The maximum Gasteiger partial charge on any atom is 0.307 e. The summed E-state index contributed by atoms with van der Waals surface area (Å²) in [5.41, 5.74) is 10.5. The molecule has 0 unspecified atom stereocenters. The minimum Gasteiger partial charge on any atom is -0.488 e. The molecule has 0 radical (unpaired) electrons. The van der Waals surface area contributed by atoms with Crippen molar-refractivity contribution in [3.05, 3.63) is 83.6 Å². The molecule has 4 aromatic rings. The van der Waals surface area contributed by atoms with Crippen LogP contribution >= 0.6 is 0 Å². The lowest BCUT2D eigenvalue weighted by atomic mass is 9.98. The number of hydrogen-bond acceptors (Lipinski definition) is 6. The zero-order valence-corrected chi connectivity index (χ0v) is 17.8. The van der Waals surface area contributed by atoms with Gasteiger partial charge in [0.1, 0.15) is 30.3 Å². The van der Waals surface area contributed by atoms with E-state index >= 15 is 0 Å². The fraction of sp³-hybridized carbons (Fsp3) is 0.154. The first kappa shape index (κ1) is 22.1. The Morgan fingerprint density at radius 1 is 1.03 bits per heavy atom. The number of benzene rings is 3. The number of rotatable bonds is 10. The van der Waals surface area contributed by atoms with Crippen molar-refractivity contribution in [2.75, 3.05) is 6.61 Å². The van der Waals surface area contributed by atoms with Gasteiger partial charge in [-0.3, -0.25) is 9.59 Å². The molecule has 1 aromatic heterocycles. The van der Waals surface area contributed by atoms with Crippen LogP contribution in [0.2, 0.25) is 0 Å². The Balaban J connectivity index is 1.78. The molecule has 168 valence electrons. The summed E-state index contributed by atoms with van der Waals surface area (Å²) in [6, 6.07) is 18.5. The van der Waals surface area contributed by atoms with Crippen LogP contribution in [0.5, 0.6) is 11.5 Å². The van der Waals surface area contributed by atoms with Crippen molar-refractivity contribution in [1.82, 2.24) is 0 Å². The van der Waals surface area contributed by atoms with E-state index in [1.165, 1.54) is 0 Å². The number of hydrogen-bond donors (Lipinski definition) is 2. The number of carbonyl (C=O) groups excluding carboxylic acids is 1. The third-order valence-electron chi connectivity index (χ3n) is 5.23. The molecule has 1 heterocycles. The highest BCUT2D eigenvalue weighted by Gasteiger charge is 2.19. The molecular weight excluding hydrogens is 422 g/mol. The first-order chi connectivity index (χ1) is 16.1. The second kappa shape index (κ2) is 10.0. The van der Waals surface area contributed by atoms with E-state index in [0.29, 0.717) is 46.4 Å². The Bertz CT molecular complexity index is 1290. The van der Waals surface area contributed by atoms with Gasteiger partial charge in [-0.2, -0.15) is 0 Å². The van der Waals surface area contributed by atoms with E-state index in [9.17, 15) is 14.7 Å². The molecule has 3 aromatic carbocycles. The molecule has 7 nitrogen and oxygen atoms in total. The van der Waals surface area contributed by atoms with E-state index in [1.807, 2.05) is 30.3 Å². The van der Waals surface area contributed by atoms with Crippen LogP contribution in [0.25, 0.3) is 22.1 Å². The maximum absolute atomic E-state index is 11.2. The zero-order chi connectivity index (χ0) is 23.2. The highest BCUT2D eigenvalue weighted by molar-refractivity contribution is 5.97. The molecule has 4 rings (SSSR count). The van der Waals surface area contributed by atoms with Gasteiger partial charge in [0.25, 0.3) is 0 Å². The van der Waals surface area contributed by atoms with Crippen molar-refractivity contribution in [3.8, 4) is 22.6 Å². The summed E-state index contributed by atoms with van der Waals surface area (Å²) in [7, 11) is 0. The van der Waals surface area contributed by atoms with Crippen LogP contribution in [0.3, 0.4) is 0 Å². The summed E-state index contributed by atoms with van der Waals surface area (Å²) in [6.07, 6.45) is 2.10. The molecule has 0 aliphatic carbocycles. The van der Waals surface area contributed by atoms with Crippen molar-refractivity contribution >= 4 is 23.2 Å². The van der Waals surface area contributed by atoms with Gasteiger partial charge in [-0.15, -0.1) is 0 Å². The van der Waals surface area contributed by atoms with Gasteiger partial charge in [-0.05, 0) is 35.4 Å². The molecule has 7 heteroatoms. The molecule has 3 N–H and O–H groups in total. The van der Waals surface area contributed by atoms with E-state index in [2.05, 4.69) is 0 Å². The Kier molecular flexibility index (Phi) is 6.71. The number of furan rings is 1. The van der Waals surface area contributed by atoms with Gasteiger partial charge in [-0.1, -0.05) is 36.4 Å². The molecule has 0 amide bonds. The van der Waals surface area contributed by atoms with Gasteiger partial charge in [0, 0.05) is 23.2 Å². The number of fused-ring (bicyclic) bond motifs is 1. The fourth-order valence-corrected chi connectivity index (χ4v) is 3.76. The van der Waals surface area contributed by atoms with E-state index in [1.54, 1.807) is 36.6 Å². The van der Waals surface area contributed by atoms with Gasteiger partial charge in [0.2, 0.25) is 0 Å². The van der Waals surface area contributed by atoms with Crippen LogP contribution in [-0.2, 0) is 29.2 Å². The number of carboxylic acid groups (broad SMARTS) is 1. The highest BCUT2D eigenvalue weighted by Crippen LogP contribution is 2.39. The highest BCUT2D eigenvalue weighted by atomic mass is 16.5. The normalized spacial score (nSPS) is 10.8. The first-order valence-corrected chi connectivity index (χ1v) is 10.4. The summed E-state index contributed by atoms with van der Waals surface area (Å²) in [4.78, 5) is 22.2. The minimum absolute atomic E-state index is 0.107. The van der Waals surface area contributed by atoms with Crippen LogP contribution in [0.1, 0.15) is 16.7 Å². The second-order valence-corrected chi connectivity index (χ2v) is 7.42. The second-order valence-electron chi connectivity index (χ2n) is 7.42. The monoisotopic (exact) mass is 445 g/mol. The molecular formula is C26H23NO6. The zero-order valence-electron chi connectivity index (χ0n) is 17.8. The lowest BCUT2D eigenvalue weighted by molar-refractivity contribution is -0.136. The average Bonchev–Trinajstić information content (AvgIpc) is 3.31.